The Labute approximate surface area is 167 Å². The molecule has 29 heavy (non-hydrogen) atoms. The standard InChI is InChI=1S/C21H26F4N2O2/c22-16-9-5-13(6-10-16)18(21(23,24)25)27-20(29)15-7-11-17(12-8-15)26-19(28)14-3-1-2-4-14/h5-6,9-10,14-15,17-18H,1-4,7-8,11-12H2,(H,26,28)(H,27,29). The number of nitrogens with one attached hydrogen (secondary N) is 2. The first-order valence-corrected chi connectivity index (χ1v) is 10.2. The molecule has 2 aliphatic rings. The number of carbonyl (C=O) groups excluding carboxylic acids is 2. The van der Waals surface area contributed by atoms with Crippen LogP contribution in [-0.2, 0) is 9.59 Å². The molecule has 1 aromatic carbocycles. The minimum atomic E-state index is -4.68. The summed E-state index contributed by atoms with van der Waals surface area (Å²) >= 11 is 0. The van der Waals surface area contributed by atoms with E-state index in [-0.39, 0.29) is 23.4 Å². The zero-order valence-corrected chi connectivity index (χ0v) is 16.1. The normalized spacial score (nSPS) is 24.1. The predicted octanol–water partition coefficient (Wildman–Crippen LogP) is 4.41. The number of hydrogen-bond donors (Lipinski definition) is 2. The lowest BCUT2D eigenvalue weighted by Crippen LogP contribution is -2.45. The van der Waals surface area contributed by atoms with E-state index in [1.54, 1.807) is 0 Å². The Hall–Kier alpha value is -2.12. The average molecular weight is 414 g/mol. The quantitative estimate of drug-likeness (QED) is 0.702. The molecule has 0 bridgehead atoms. The fourth-order valence-corrected chi connectivity index (χ4v) is 4.28. The molecule has 0 aliphatic heterocycles. The summed E-state index contributed by atoms with van der Waals surface area (Å²) in [6, 6.07) is 1.75. The molecule has 0 saturated heterocycles. The van der Waals surface area contributed by atoms with Gasteiger partial charge in [-0.2, -0.15) is 13.2 Å². The summed E-state index contributed by atoms with van der Waals surface area (Å²) in [4.78, 5) is 24.7. The van der Waals surface area contributed by atoms with Crippen molar-refractivity contribution in [1.29, 1.82) is 0 Å². The number of benzene rings is 1. The molecular formula is C21H26F4N2O2. The molecule has 2 amide bonds. The van der Waals surface area contributed by atoms with Crippen LogP contribution in [0, 0.1) is 17.7 Å². The third-order valence-electron chi connectivity index (χ3n) is 5.99. The smallest absolute Gasteiger partial charge is 0.353 e. The first-order valence-electron chi connectivity index (χ1n) is 10.2. The summed E-state index contributed by atoms with van der Waals surface area (Å²) < 4.78 is 53.3. The summed E-state index contributed by atoms with van der Waals surface area (Å²) in [5.74, 6) is -1.70. The molecule has 8 heteroatoms. The third kappa shape index (κ3) is 5.70. The Morgan fingerprint density at radius 3 is 1.97 bits per heavy atom. The first-order chi connectivity index (χ1) is 13.7. The van der Waals surface area contributed by atoms with Crippen LogP contribution in [0.4, 0.5) is 17.6 Å². The lowest BCUT2D eigenvalue weighted by Gasteiger charge is -2.31. The molecule has 2 fully saturated rings. The van der Waals surface area contributed by atoms with Crippen LogP contribution in [0.3, 0.4) is 0 Å². The summed E-state index contributed by atoms with van der Waals surface area (Å²) in [7, 11) is 0. The van der Waals surface area contributed by atoms with Crippen molar-refractivity contribution >= 4 is 11.8 Å². The molecule has 2 aliphatic carbocycles. The van der Waals surface area contributed by atoms with Gasteiger partial charge in [-0.1, -0.05) is 25.0 Å². The molecule has 0 heterocycles. The van der Waals surface area contributed by atoms with Gasteiger partial charge in [-0.3, -0.25) is 9.59 Å². The van der Waals surface area contributed by atoms with Crippen molar-refractivity contribution in [1.82, 2.24) is 10.6 Å². The maximum Gasteiger partial charge on any atom is 0.412 e. The highest BCUT2D eigenvalue weighted by molar-refractivity contribution is 5.80. The second kappa shape index (κ2) is 9.13. The number of hydrogen-bond acceptors (Lipinski definition) is 2. The van der Waals surface area contributed by atoms with Crippen LogP contribution < -0.4 is 10.6 Å². The number of alkyl halides is 3. The zero-order valence-electron chi connectivity index (χ0n) is 16.1. The van der Waals surface area contributed by atoms with E-state index >= 15 is 0 Å². The van der Waals surface area contributed by atoms with E-state index in [1.165, 1.54) is 0 Å². The summed E-state index contributed by atoms with van der Waals surface area (Å²) in [5.41, 5.74) is -0.204. The van der Waals surface area contributed by atoms with Crippen molar-refractivity contribution < 1.29 is 27.2 Å². The van der Waals surface area contributed by atoms with Crippen molar-refractivity contribution in [2.75, 3.05) is 0 Å². The van der Waals surface area contributed by atoms with E-state index in [9.17, 15) is 27.2 Å². The molecular weight excluding hydrogens is 388 g/mol. The maximum absolute atomic E-state index is 13.4. The lowest BCUT2D eigenvalue weighted by atomic mass is 9.85. The van der Waals surface area contributed by atoms with Gasteiger partial charge in [0.15, 0.2) is 6.04 Å². The summed E-state index contributed by atoms with van der Waals surface area (Å²) in [6.45, 7) is 0. The molecule has 2 N–H and O–H groups in total. The Morgan fingerprint density at radius 2 is 1.41 bits per heavy atom. The van der Waals surface area contributed by atoms with Crippen LogP contribution >= 0.6 is 0 Å². The molecule has 0 aromatic heterocycles. The van der Waals surface area contributed by atoms with E-state index in [0.29, 0.717) is 25.7 Å². The SMILES string of the molecule is O=C(NC1CCC(C(=O)NC(c2ccc(F)cc2)C(F)(F)F)CC1)C1CCCC1. The van der Waals surface area contributed by atoms with Gasteiger partial charge in [-0.15, -0.1) is 0 Å². The van der Waals surface area contributed by atoms with E-state index in [1.807, 2.05) is 0 Å². The molecule has 0 radical (unpaired) electrons. The van der Waals surface area contributed by atoms with Gasteiger partial charge in [0.05, 0.1) is 0 Å². The molecule has 3 rings (SSSR count). The van der Waals surface area contributed by atoms with Crippen LogP contribution in [0.1, 0.15) is 63.0 Å². The minimum absolute atomic E-state index is 0.0253. The van der Waals surface area contributed by atoms with E-state index < -0.39 is 29.9 Å². The topological polar surface area (TPSA) is 58.2 Å². The van der Waals surface area contributed by atoms with Gasteiger partial charge in [-0.25, -0.2) is 4.39 Å². The monoisotopic (exact) mass is 414 g/mol. The molecule has 2 saturated carbocycles. The van der Waals surface area contributed by atoms with Crippen molar-refractivity contribution in [2.24, 2.45) is 11.8 Å². The fourth-order valence-electron chi connectivity index (χ4n) is 4.28. The van der Waals surface area contributed by atoms with Crippen molar-refractivity contribution in [2.45, 2.75) is 69.6 Å². The maximum atomic E-state index is 13.4. The average Bonchev–Trinajstić information content (AvgIpc) is 3.21. The highest BCUT2D eigenvalue weighted by atomic mass is 19.4. The Kier molecular flexibility index (Phi) is 6.80. The number of halogens is 4. The van der Waals surface area contributed by atoms with Gasteiger partial charge in [0.25, 0.3) is 0 Å². The number of carbonyl (C=O) groups is 2. The second-order valence-corrected chi connectivity index (χ2v) is 8.07. The van der Waals surface area contributed by atoms with Gasteiger partial charge in [0.1, 0.15) is 5.82 Å². The van der Waals surface area contributed by atoms with Crippen LogP contribution in [0.25, 0.3) is 0 Å². The van der Waals surface area contributed by atoms with Gasteiger partial charge in [0, 0.05) is 17.9 Å². The van der Waals surface area contributed by atoms with Gasteiger partial charge in [-0.05, 0) is 56.2 Å². The Morgan fingerprint density at radius 1 is 0.862 bits per heavy atom. The predicted molar refractivity (Wildman–Crippen MR) is 99.2 cm³/mol. The minimum Gasteiger partial charge on any atom is -0.353 e. The van der Waals surface area contributed by atoms with Crippen LogP contribution in [0.5, 0.6) is 0 Å². The highest BCUT2D eigenvalue weighted by Crippen LogP contribution is 2.34. The van der Waals surface area contributed by atoms with Gasteiger partial charge in [0.2, 0.25) is 11.8 Å². The first kappa shape index (κ1) is 21.6. The Balaban J connectivity index is 1.53. The Bertz CT molecular complexity index is 706. The van der Waals surface area contributed by atoms with Crippen LogP contribution in [0.15, 0.2) is 24.3 Å². The molecule has 0 spiro atoms. The molecule has 1 atom stereocenters. The van der Waals surface area contributed by atoms with Crippen LogP contribution in [-0.4, -0.2) is 24.0 Å². The van der Waals surface area contributed by atoms with E-state index in [2.05, 4.69) is 10.6 Å². The molecule has 160 valence electrons. The van der Waals surface area contributed by atoms with Crippen molar-refractivity contribution in [3.05, 3.63) is 35.6 Å². The van der Waals surface area contributed by atoms with Gasteiger partial charge >= 0.3 is 6.18 Å². The second-order valence-electron chi connectivity index (χ2n) is 8.07. The van der Waals surface area contributed by atoms with Crippen LogP contribution in [0.2, 0.25) is 0 Å². The third-order valence-corrected chi connectivity index (χ3v) is 5.99. The van der Waals surface area contributed by atoms with Crippen molar-refractivity contribution in [3.8, 4) is 0 Å². The zero-order chi connectivity index (χ0) is 21.0. The van der Waals surface area contributed by atoms with Gasteiger partial charge < -0.3 is 10.6 Å². The summed E-state index contributed by atoms with van der Waals surface area (Å²) in [6.07, 6.45) is 1.27. The van der Waals surface area contributed by atoms with Crippen molar-refractivity contribution in [3.63, 3.8) is 0 Å². The summed E-state index contributed by atoms with van der Waals surface area (Å²) in [5, 5.41) is 5.12. The molecule has 1 aromatic rings. The highest BCUT2D eigenvalue weighted by Gasteiger charge is 2.43. The molecule has 1 unspecified atom stereocenters. The number of amides is 2. The molecule has 4 nitrogen and oxygen atoms in total. The largest absolute Gasteiger partial charge is 0.412 e. The number of rotatable bonds is 5. The van der Waals surface area contributed by atoms with E-state index in [0.717, 1.165) is 49.9 Å². The fraction of sp³-hybridized carbons (Fsp3) is 0.619. The van der Waals surface area contributed by atoms with E-state index in [4.69, 9.17) is 0 Å². The lowest BCUT2D eigenvalue weighted by molar-refractivity contribution is -0.165.